The van der Waals surface area contributed by atoms with E-state index in [0.717, 1.165) is 18.4 Å². The van der Waals surface area contributed by atoms with Crippen LogP contribution in [0.4, 0.5) is 11.4 Å². The van der Waals surface area contributed by atoms with E-state index in [-0.39, 0.29) is 35.3 Å². The Morgan fingerprint density at radius 1 is 1.18 bits per heavy atom. The van der Waals surface area contributed by atoms with E-state index in [0.29, 0.717) is 28.8 Å². The summed E-state index contributed by atoms with van der Waals surface area (Å²) in [7, 11) is -3.85. The highest BCUT2D eigenvalue weighted by molar-refractivity contribution is 9.10. The second kappa shape index (κ2) is 9.87. The minimum absolute atomic E-state index is 0.0266. The third kappa shape index (κ3) is 5.33. The van der Waals surface area contributed by atoms with Crippen molar-refractivity contribution in [2.24, 2.45) is 5.92 Å². The van der Waals surface area contributed by atoms with Crippen molar-refractivity contribution in [3.63, 3.8) is 0 Å². The normalized spacial score (nSPS) is 15.1. The van der Waals surface area contributed by atoms with Crippen LogP contribution in [-0.4, -0.2) is 45.1 Å². The molecule has 0 bridgehead atoms. The molecule has 0 atom stereocenters. The molecule has 1 aliphatic carbocycles. The lowest BCUT2D eigenvalue weighted by atomic mass is 10.2. The zero-order valence-electron chi connectivity index (χ0n) is 18.7. The van der Waals surface area contributed by atoms with Crippen molar-refractivity contribution in [3.05, 3.63) is 52.0 Å². The van der Waals surface area contributed by atoms with Gasteiger partial charge in [0.25, 0.3) is 0 Å². The summed E-state index contributed by atoms with van der Waals surface area (Å²) in [6.45, 7) is 2.39. The summed E-state index contributed by atoms with van der Waals surface area (Å²) in [6.07, 6.45) is 1.98. The van der Waals surface area contributed by atoms with Gasteiger partial charge < -0.3 is 15.0 Å². The first-order chi connectivity index (χ1) is 16.2. The van der Waals surface area contributed by atoms with Gasteiger partial charge in [-0.2, -0.15) is 0 Å². The van der Waals surface area contributed by atoms with E-state index in [1.165, 1.54) is 12.1 Å². The predicted molar refractivity (Wildman–Crippen MR) is 131 cm³/mol. The number of carbonyl (C=O) groups excluding carboxylic acids is 3. The Bertz CT molecular complexity index is 1260. The number of anilines is 2. The molecule has 1 N–H and O–H groups in total. The molecule has 34 heavy (non-hydrogen) atoms. The van der Waals surface area contributed by atoms with E-state index in [1.807, 2.05) is 6.07 Å². The molecule has 0 saturated heterocycles. The molecule has 0 aromatic heterocycles. The van der Waals surface area contributed by atoms with Gasteiger partial charge in [-0.1, -0.05) is 22.0 Å². The summed E-state index contributed by atoms with van der Waals surface area (Å²) in [5.74, 6) is -1.47. The van der Waals surface area contributed by atoms with Gasteiger partial charge in [0.2, 0.25) is 11.8 Å². The number of fused-ring (bicyclic) bond motifs is 1. The highest BCUT2D eigenvalue weighted by atomic mass is 79.9. The first-order valence-electron chi connectivity index (χ1n) is 11.1. The van der Waals surface area contributed by atoms with Crippen LogP contribution >= 0.6 is 15.9 Å². The second-order valence-electron chi connectivity index (χ2n) is 8.34. The fourth-order valence-corrected chi connectivity index (χ4v) is 6.15. The summed E-state index contributed by atoms with van der Waals surface area (Å²) in [4.78, 5) is 38.8. The molecule has 1 heterocycles. The number of nitrogens with one attached hydrogen (secondary N) is 1. The van der Waals surface area contributed by atoms with Crippen LogP contribution in [0.5, 0.6) is 0 Å². The number of hydrogen-bond donors (Lipinski definition) is 1. The number of halogens is 1. The van der Waals surface area contributed by atoms with Gasteiger partial charge in [0.05, 0.1) is 28.5 Å². The monoisotopic (exact) mass is 548 g/mol. The molecule has 2 amide bonds. The van der Waals surface area contributed by atoms with Crippen molar-refractivity contribution in [1.82, 2.24) is 0 Å². The highest BCUT2D eigenvalue weighted by Crippen LogP contribution is 2.41. The van der Waals surface area contributed by atoms with Gasteiger partial charge in [0.1, 0.15) is 0 Å². The van der Waals surface area contributed by atoms with Gasteiger partial charge in [-0.3, -0.25) is 9.59 Å². The summed E-state index contributed by atoms with van der Waals surface area (Å²) in [5.41, 5.74) is 1.92. The molecule has 8 nitrogen and oxygen atoms in total. The smallest absolute Gasteiger partial charge is 0.338 e. The number of nitrogens with zero attached hydrogens (tertiary/aromatic N) is 1. The zero-order chi connectivity index (χ0) is 24.5. The fraction of sp³-hybridized carbons (Fsp3) is 0.375. The van der Waals surface area contributed by atoms with Crippen LogP contribution in [0, 0.1) is 5.92 Å². The molecule has 1 fully saturated rings. The number of ether oxygens (including phenoxy) is 1. The second-order valence-corrected chi connectivity index (χ2v) is 11.3. The number of hydrogen-bond acceptors (Lipinski definition) is 6. The van der Waals surface area contributed by atoms with Crippen molar-refractivity contribution >= 4 is 54.9 Å². The Kier molecular flexibility index (Phi) is 7.09. The first kappa shape index (κ1) is 24.4. The van der Waals surface area contributed by atoms with Crippen molar-refractivity contribution in [3.8, 4) is 0 Å². The van der Waals surface area contributed by atoms with Crippen molar-refractivity contribution < 1.29 is 27.5 Å². The fourth-order valence-electron chi connectivity index (χ4n) is 3.98. The Hall–Kier alpha value is -2.72. The van der Waals surface area contributed by atoms with Crippen LogP contribution in [0.3, 0.4) is 0 Å². The number of carbonyl (C=O) groups is 3. The molecule has 2 aromatic carbocycles. The summed E-state index contributed by atoms with van der Waals surface area (Å²) in [6, 6.07) is 9.62. The van der Waals surface area contributed by atoms with Gasteiger partial charge in [-0.05, 0) is 62.1 Å². The summed E-state index contributed by atoms with van der Waals surface area (Å²) >= 11 is 3.38. The lowest BCUT2D eigenvalue weighted by Crippen LogP contribution is -2.31. The molecule has 2 aromatic rings. The van der Waals surface area contributed by atoms with Crippen LogP contribution < -0.4 is 10.2 Å². The number of rotatable bonds is 8. The molecule has 2 aliphatic rings. The van der Waals surface area contributed by atoms with Gasteiger partial charge >= 0.3 is 5.97 Å². The van der Waals surface area contributed by atoms with Gasteiger partial charge in [-0.25, -0.2) is 13.2 Å². The topological polar surface area (TPSA) is 110 Å². The Morgan fingerprint density at radius 2 is 1.94 bits per heavy atom. The Morgan fingerprint density at radius 3 is 2.65 bits per heavy atom. The Labute approximate surface area is 206 Å². The standard InChI is InChI=1S/C24H25BrN2O6S/c1-2-33-24(30)17-4-3-5-19(13-17)26-21(28)9-11-34(31,32)20-14-18(25)12-16-8-10-27(22(16)20)23(29)15-6-7-15/h3-5,12-15H,2,6-11H2,1H3,(H,26,28). The van der Waals surface area contributed by atoms with Crippen LogP contribution in [0.25, 0.3) is 0 Å². The van der Waals surface area contributed by atoms with Crippen LogP contribution in [0.15, 0.2) is 45.8 Å². The molecule has 4 rings (SSSR count). The average Bonchev–Trinajstić information content (AvgIpc) is 3.57. The van der Waals surface area contributed by atoms with Crippen molar-refractivity contribution in [1.29, 1.82) is 0 Å². The maximum Gasteiger partial charge on any atom is 0.338 e. The number of esters is 1. The maximum atomic E-state index is 13.3. The van der Waals surface area contributed by atoms with Gasteiger partial charge in [0.15, 0.2) is 9.84 Å². The molecule has 0 unspecified atom stereocenters. The minimum Gasteiger partial charge on any atom is -0.462 e. The number of amides is 2. The third-order valence-corrected chi connectivity index (χ3v) is 7.96. The molecule has 0 radical (unpaired) electrons. The van der Waals surface area contributed by atoms with E-state index in [4.69, 9.17) is 4.74 Å². The van der Waals surface area contributed by atoms with E-state index >= 15 is 0 Å². The highest BCUT2D eigenvalue weighted by Gasteiger charge is 2.39. The van der Waals surface area contributed by atoms with E-state index in [1.54, 1.807) is 30.0 Å². The van der Waals surface area contributed by atoms with E-state index in [9.17, 15) is 22.8 Å². The average molecular weight is 549 g/mol. The van der Waals surface area contributed by atoms with Crippen LogP contribution in [0.2, 0.25) is 0 Å². The molecule has 0 spiro atoms. The lowest BCUT2D eigenvalue weighted by molar-refractivity contribution is -0.119. The first-order valence-corrected chi connectivity index (χ1v) is 13.6. The summed E-state index contributed by atoms with van der Waals surface area (Å²) in [5, 5.41) is 2.63. The maximum absolute atomic E-state index is 13.3. The Balaban J connectivity index is 1.48. The minimum atomic E-state index is -3.85. The zero-order valence-corrected chi connectivity index (χ0v) is 21.1. The summed E-state index contributed by atoms with van der Waals surface area (Å²) < 4.78 is 32.1. The predicted octanol–water partition coefficient (Wildman–Crippen LogP) is 3.73. The molecular formula is C24H25BrN2O6S. The van der Waals surface area contributed by atoms with Crippen LogP contribution in [-0.2, 0) is 30.6 Å². The van der Waals surface area contributed by atoms with E-state index < -0.39 is 27.5 Å². The van der Waals surface area contributed by atoms with Crippen molar-refractivity contribution in [2.45, 2.75) is 37.5 Å². The number of sulfone groups is 1. The third-order valence-electron chi connectivity index (χ3n) is 5.78. The van der Waals surface area contributed by atoms with Gasteiger partial charge in [-0.15, -0.1) is 0 Å². The van der Waals surface area contributed by atoms with Crippen molar-refractivity contribution in [2.75, 3.05) is 29.1 Å². The molecule has 10 heteroatoms. The largest absolute Gasteiger partial charge is 0.462 e. The SMILES string of the molecule is CCOC(=O)c1cccc(NC(=O)CCS(=O)(=O)c2cc(Br)cc3c2N(C(=O)C2CC2)CC3)c1. The van der Waals surface area contributed by atoms with Gasteiger partial charge in [0, 0.05) is 29.0 Å². The van der Waals surface area contributed by atoms with Crippen LogP contribution in [0.1, 0.15) is 42.1 Å². The molecular weight excluding hydrogens is 524 g/mol. The molecule has 180 valence electrons. The lowest BCUT2D eigenvalue weighted by Gasteiger charge is -2.20. The molecule has 1 saturated carbocycles. The van der Waals surface area contributed by atoms with E-state index in [2.05, 4.69) is 21.2 Å². The quantitative estimate of drug-likeness (QED) is 0.503. The molecule has 1 aliphatic heterocycles. The number of benzene rings is 2.